The van der Waals surface area contributed by atoms with Gasteiger partial charge in [-0.2, -0.15) is 5.26 Å². The van der Waals surface area contributed by atoms with E-state index in [0.29, 0.717) is 18.3 Å². The van der Waals surface area contributed by atoms with Crippen molar-refractivity contribution >= 4 is 46.0 Å². The number of azo groups is 1. The molecule has 2 rings (SSSR count). The molecule has 34 heavy (non-hydrogen) atoms. The van der Waals surface area contributed by atoms with Crippen molar-refractivity contribution in [3.8, 4) is 6.07 Å². The zero-order valence-corrected chi connectivity index (χ0v) is 18.3. The predicted octanol–water partition coefficient (Wildman–Crippen LogP) is 3.75. The highest BCUT2D eigenvalue weighted by molar-refractivity contribution is 5.93. The van der Waals surface area contributed by atoms with Gasteiger partial charge < -0.3 is 15.0 Å². The summed E-state index contributed by atoms with van der Waals surface area (Å²) in [5, 5.41) is 42.1. The molecule has 0 aliphatic heterocycles. The maximum atomic E-state index is 11.7. The molecule has 0 unspecified atom stereocenters. The molecule has 0 aliphatic rings. The molecule has 0 radical (unpaired) electrons. The number of methoxy groups -OCH3 is 1. The third kappa shape index (κ3) is 6.07. The average molecular weight is 469 g/mol. The number of nitro groups is 2. The van der Waals surface area contributed by atoms with E-state index in [-0.39, 0.29) is 17.9 Å². The van der Waals surface area contributed by atoms with Crippen LogP contribution >= 0.6 is 0 Å². The summed E-state index contributed by atoms with van der Waals surface area (Å²) in [5.41, 5.74) is -1.49. The Morgan fingerprint density at radius 1 is 1.18 bits per heavy atom. The van der Waals surface area contributed by atoms with Crippen LogP contribution in [0, 0.1) is 31.6 Å². The summed E-state index contributed by atoms with van der Waals surface area (Å²) in [5.74, 6) is -0.912. The summed E-state index contributed by atoms with van der Waals surface area (Å²) in [4.78, 5) is 45.7. The highest BCUT2D eigenvalue weighted by atomic mass is 16.6. The Morgan fingerprint density at radius 3 is 2.41 bits per heavy atom. The zero-order valence-electron chi connectivity index (χ0n) is 18.3. The van der Waals surface area contributed by atoms with Crippen LogP contribution in [0.2, 0.25) is 0 Å². The number of likely N-dealkylation sites (N-methyl/N-ethyl adjacent to an activating group) is 1. The minimum atomic E-state index is -0.911. The second kappa shape index (κ2) is 11.1. The Hall–Kier alpha value is -4.93. The quantitative estimate of drug-likeness (QED) is 0.246. The average Bonchev–Trinajstić information content (AvgIpc) is 2.80. The van der Waals surface area contributed by atoms with Gasteiger partial charge >= 0.3 is 11.7 Å². The maximum Gasteiger partial charge on any atom is 0.325 e. The van der Waals surface area contributed by atoms with Crippen LogP contribution < -0.4 is 10.2 Å². The molecular weight excluding hydrogens is 450 g/mol. The number of nitriles is 1. The number of benzene rings is 2. The van der Waals surface area contributed by atoms with Gasteiger partial charge in [0.1, 0.15) is 18.3 Å². The molecule has 14 nitrogen and oxygen atoms in total. The van der Waals surface area contributed by atoms with Gasteiger partial charge in [-0.25, -0.2) is 0 Å². The molecule has 2 aromatic rings. The van der Waals surface area contributed by atoms with Crippen LogP contribution in [-0.2, 0) is 14.3 Å². The van der Waals surface area contributed by atoms with Crippen LogP contribution in [0.15, 0.2) is 40.6 Å². The molecular formula is C20H19N7O7. The van der Waals surface area contributed by atoms with E-state index in [4.69, 9.17) is 0 Å². The first kappa shape index (κ1) is 25.3. The van der Waals surface area contributed by atoms with Gasteiger partial charge in [-0.1, -0.05) is 0 Å². The molecule has 0 saturated heterocycles. The zero-order chi connectivity index (χ0) is 25.4. The molecule has 0 fully saturated rings. The van der Waals surface area contributed by atoms with Crippen LogP contribution in [0.3, 0.4) is 0 Å². The highest BCUT2D eigenvalue weighted by Gasteiger charge is 2.24. The summed E-state index contributed by atoms with van der Waals surface area (Å²) < 4.78 is 4.68. The third-order valence-corrected chi connectivity index (χ3v) is 4.45. The summed E-state index contributed by atoms with van der Waals surface area (Å²) in [6, 6.07) is 7.74. The minimum absolute atomic E-state index is 0.0477. The van der Waals surface area contributed by atoms with Crippen LogP contribution in [0.4, 0.5) is 34.1 Å². The number of hydrogen-bond acceptors (Lipinski definition) is 11. The SMILES string of the molecule is CCN(CC(=O)OC)c1ccc(N=Nc2c(C#N)cc([N+](=O)[O-])cc2[N+](=O)[O-])c(NC(C)=O)c1. The van der Waals surface area contributed by atoms with Crippen molar-refractivity contribution in [1.82, 2.24) is 0 Å². The van der Waals surface area contributed by atoms with Crippen LogP contribution in [0.25, 0.3) is 0 Å². The lowest BCUT2D eigenvalue weighted by Gasteiger charge is -2.22. The number of hydrogen-bond donors (Lipinski definition) is 1. The van der Waals surface area contributed by atoms with Crippen molar-refractivity contribution in [2.24, 2.45) is 10.2 Å². The van der Waals surface area contributed by atoms with Crippen LogP contribution in [0.1, 0.15) is 19.4 Å². The van der Waals surface area contributed by atoms with Gasteiger partial charge in [0.05, 0.1) is 34.3 Å². The van der Waals surface area contributed by atoms with Crippen molar-refractivity contribution in [2.75, 3.05) is 30.4 Å². The van der Waals surface area contributed by atoms with Crippen molar-refractivity contribution in [2.45, 2.75) is 13.8 Å². The molecule has 1 amide bonds. The van der Waals surface area contributed by atoms with E-state index in [1.54, 1.807) is 17.0 Å². The van der Waals surface area contributed by atoms with Crippen molar-refractivity contribution in [1.29, 1.82) is 5.26 Å². The van der Waals surface area contributed by atoms with E-state index in [1.165, 1.54) is 26.2 Å². The lowest BCUT2D eigenvalue weighted by atomic mass is 10.1. The number of rotatable bonds is 9. The molecule has 2 aromatic carbocycles. The number of anilines is 2. The van der Waals surface area contributed by atoms with E-state index >= 15 is 0 Å². The van der Waals surface area contributed by atoms with Crippen molar-refractivity contribution in [3.63, 3.8) is 0 Å². The number of esters is 1. The first-order valence-electron chi connectivity index (χ1n) is 9.63. The smallest absolute Gasteiger partial charge is 0.325 e. The van der Waals surface area contributed by atoms with Crippen LogP contribution in [-0.4, -0.2) is 41.9 Å². The largest absolute Gasteiger partial charge is 0.468 e. The van der Waals surface area contributed by atoms with E-state index in [0.717, 1.165) is 6.07 Å². The predicted molar refractivity (Wildman–Crippen MR) is 119 cm³/mol. The molecule has 0 aromatic heterocycles. The molecule has 0 saturated carbocycles. The fraction of sp³-hybridized carbons (Fsp3) is 0.250. The summed E-state index contributed by atoms with van der Waals surface area (Å²) >= 11 is 0. The number of nitrogens with one attached hydrogen (secondary N) is 1. The van der Waals surface area contributed by atoms with E-state index in [2.05, 4.69) is 20.3 Å². The van der Waals surface area contributed by atoms with E-state index < -0.39 is 44.3 Å². The van der Waals surface area contributed by atoms with Gasteiger partial charge in [-0.15, -0.1) is 10.2 Å². The van der Waals surface area contributed by atoms with Crippen molar-refractivity contribution in [3.05, 3.63) is 56.1 Å². The number of amides is 1. The van der Waals surface area contributed by atoms with Gasteiger partial charge in [-0.05, 0) is 25.1 Å². The third-order valence-electron chi connectivity index (χ3n) is 4.45. The molecule has 0 aliphatic carbocycles. The lowest BCUT2D eigenvalue weighted by molar-refractivity contribution is -0.393. The Kier molecular flexibility index (Phi) is 8.26. The molecule has 0 bridgehead atoms. The number of non-ortho nitro benzene ring substituents is 1. The van der Waals surface area contributed by atoms with Gasteiger partial charge in [-0.3, -0.25) is 29.8 Å². The van der Waals surface area contributed by atoms with Gasteiger partial charge in [0.25, 0.3) is 5.69 Å². The standard InChI is InChI=1S/C20H19N7O7/c1-4-25(11-19(29)34-3)14-5-6-16(17(8-14)22-12(2)28)23-24-20-13(10-21)7-15(26(30)31)9-18(20)27(32)33/h5-9H,4,11H2,1-3H3,(H,22,28). The number of ether oxygens (including phenoxy) is 1. The normalized spacial score (nSPS) is 10.4. The molecule has 0 spiro atoms. The fourth-order valence-corrected chi connectivity index (χ4v) is 2.85. The Bertz CT molecular complexity index is 1220. The number of nitrogens with zero attached hydrogens (tertiary/aromatic N) is 6. The fourth-order valence-electron chi connectivity index (χ4n) is 2.85. The van der Waals surface area contributed by atoms with Gasteiger partial charge in [0.15, 0.2) is 5.69 Å². The van der Waals surface area contributed by atoms with E-state index in [9.17, 15) is 35.1 Å². The molecule has 1 N–H and O–H groups in total. The number of nitro benzene ring substituents is 2. The molecule has 14 heteroatoms. The topological polar surface area (TPSA) is 193 Å². The number of carbonyl (C=O) groups is 2. The Morgan fingerprint density at radius 2 is 1.88 bits per heavy atom. The summed E-state index contributed by atoms with van der Waals surface area (Å²) in [6.07, 6.45) is 0. The maximum absolute atomic E-state index is 11.7. The number of carbonyl (C=O) groups excluding carboxylic acids is 2. The summed E-state index contributed by atoms with van der Waals surface area (Å²) in [6.45, 7) is 3.46. The van der Waals surface area contributed by atoms with Gasteiger partial charge in [0, 0.05) is 25.2 Å². The highest BCUT2D eigenvalue weighted by Crippen LogP contribution is 2.38. The lowest BCUT2D eigenvalue weighted by Crippen LogP contribution is -2.30. The minimum Gasteiger partial charge on any atom is -0.468 e. The summed E-state index contributed by atoms with van der Waals surface area (Å²) in [7, 11) is 1.26. The first-order valence-corrected chi connectivity index (χ1v) is 9.63. The van der Waals surface area contributed by atoms with E-state index in [1.807, 2.05) is 6.92 Å². The van der Waals surface area contributed by atoms with Crippen LogP contribution in [0.5, 0.6) is 0 Å². The second-order valence-electron chi connectivity index (χ2n) is 6.66. The van der Waals surface area contributed by atoms with Gasteiger partial charge in [0.2, 0.25) is 5.91 Å². The van der Waals surface area contributed by atoms with Crippen molar-refractivity contribution < 1.29 is 24.2 Å². The Labute approximate surface area is 192 Å². The molecule has 176 valence electrons. The Balaban J connectivity index is 2.58. The monoisotopic (exact) mass is 469 g/mol. The second-order valence-corrected chi connectivity index (χ2v) is 6.66. The molecule has 0 heterocycles. The first-order chi connectivity index (χ1) is 16.1. The molecule has 0 atom stereocenters.